The number of nitrogens with zero attached hydrogens (tertiary/aromatic N) is 1. The van der Waals surface area contributed by atoms with E-state index in [4.69, 9.17) is 4.74 Å². The van der Waals surface area contributed by atoms with E-state index in [0.717, 1.165) is 31.6 Å². The van der Waals surface area contributed by atoms with Crippen LogP contribution < -0.4 is 0 Å². The summed E-state index contributed by atoms with van der Waals surface area (Å²) in [5, 5.41) is 0. The minimum atomic E-state index is -0.170. The number of esters is 1. The Labute approximate surface area is 134 Å². The van der Waals surface area contributed by atoms with Crippen molar-refractivity contribution in [3.05, 3.63) is 35.4 Å². The van der Waals surface area contributed by atoms with Gasteiger partial charge in [0.05, 0.1) is 13.0 Å². The number of carbonyl (C=O) groups is 1. The van der Waals surface area contributed by atoms with Gasteiger partial charge in [0.1, 0.15) is 0 Å². The molecule has 1 unspecified atom stereocenters. The van der Waals surface area contributed by atoms with E-state index in [2.05, 4.69) is 43.0 Å². The van der Waals surface area contributed by atoms with Crippen molar-refractivity contribution in [3.63, 3.8) is 0 Å². The molecule has 3 nitrogen and oxygen atoms in total. The van der Waals surface area contributed by atoms with E-state index in [1.54, 1.807) is 0 Å². The predicted molar refractivity (Wildman–Crippen MR) is 90.0 cm³/mol. The fourth-order valence-corrected chi connectivity index (χ4v) is 3.22. The Morgan fingerprint density at radius 1 is 1.14 bits per heavy atom. The molecule has 3 heteroatoms. The molecule has 0 aliphatic carbocycles. The normalized spacial score (nSPS) is 17.5. The molecule has 1 aliphatic heterocycles. The van der Waals surface area contributed by atoms with Gasteiger partial charge in [-0.1, -0.05) is 44.5 Å². The van der Waals surface area contributed by atoms with E-state index >= 15 is 0 Å². The highest BCUT2D eigenvalue weighted by molar-refractivity contribution is 5.78. The van der Waals surface area contributed by atoms with Gasteiger partial charge in [0.15, 0.2) is 0 Å². The van der Waals surface area contributed by atoms with E-state index < -0.39 is 0 Å². The molecule has 1 aliphatic rings. The van der Waals surface area contributed by atoms with Crippen LogP contribution in [-0.2, 0) is 16.0 Å². The molecule has 1 fully saturated rings. The number of likely N-dealkylation sites (tertiary alicyclic amines) is 1. The largest absolute Gasteiger partial charge is 0.469 e. The van der Waals surface area contributed by atoms with Crippen molar-refractivity contribution in [2.75, 3.05) is 26.7 Å². The Balaban J connectivity index is 2.08. The predicted octanol–water partition coefficient (Wildman–Crippen LogP) is 3.63. The Bertz CT molecular complexity index is 461. The summed E-state index contributed by atoms with van der Waals surface area (Å²) in [6.07, 6.45) is 4.86. The van der Waals surface area contributed by atoms with Gasteiger partial charge in [-0.25, -0.2) is 0 Å². The summed E-state index contributed by atoms with van der Waals surface area (Å²) in [4.78, 5) is 14.6. The zero-order valence-electron chi connectivity index (χ0n) is 14.2. The maximum Gasteiger partial charge on any atom is 0.314 e. The number of hydrogen-bond acceptors (Lipinski definition) is 3. The Kier molecular flexibility index (Phi) is 6.44. The van der Waals surface area contributed by atoms with Crippen LogP contribution in [0.25, 0.3) is 0 Å². The number of piperidine rings is 1. The maximum atomic E-state index is 12.2. The number of hydrogen-bond donors (Lipinski definition) is 0. The molecule has 1 heterocycles. The second kappa shape index (κ2) is 8.33. The SMILES string of the molecule is COC(=O)C(CN1CCCCC1)c1ccc(CC(C)C)cc1. The Morgan fingerprint density at radius 3 is 2.32 bits per heavy atom. The lowest BCUT2D eigenvalue weighted by atomic mass is 9.94. The topological polar surface area (TPSA) is 29.5 Å². The summed E-state index contributed by atoms with van der Waals surface area (Å²) in [5.41, 5.74) is 2.41. The van der Waals surface area contributed by atoms with Crippen molar-refractivity contribution in [2.45, 2.75) is 45.4 Å². The van der Waals surface area contributed by atoms with Crippen molar-refractivity contribution < 1.29 is 9.53 Å². The molecule has 1 aromatic carbocycles. The van der Waals surface area contributed by atoms with Gasteiger partial charge in [-0.3, -0.25) is 4.79 Å². The van der Waals surface area contributed by atoms with Crippen LogP contribution in [0.2, 0.25) is 0 Å². The zero-order valence-corrected chi connectivity index (χ0v) is 14.2. The molecule has 1 atom stereocenters. The first-order chi connectivity index (χ1) is 10.6. The van der Waals surface area contributed by atoms with Gasteiger partial charge in [0.25, 0.3) is 0 Å². The van der Waals surface area contributed by atoms with Crippen molar-refractivity contribution in [2.24, 2.45) is 5.92 Å². The van der Waals surface area contributed by atoms with Gasteiger partial charge in [0.2, 0.25) is 0 Å². The Hall–Kier alpha value is -1.35. The van der Waals surface area contributed by atoms with Gasteiger partial charge >= 0.3 is 5.97 Å². The lowest BCUT2D eigenvalue weighted by molar-refractivity contribution is -0.143. The quantitative estimate of drug-likeness (QED) is 0.752. The van der Waals surface area contributed by atoms with Gasteiger partial charge in [-0.15, -0.1) is 0 Å². The molecule has 1 saturated heterocycles. The average Bonchev–Trinajstić information content (AvgIpc) is 2.53. The van der Waals surface area contributed by atoms with E-state index in [1.807, 2.05) is 0 Å². The van der Waals surface area contributed by atoms with Crippen LogP contribution in [0.4, 0.5) is 0 Å². The lowest BCUT2D eigenvalue weighted by Crippen LogP contribution is -2.36. The zero-order chi connectivity index (χ0) is 15.9. The number of carbonyl (C=O) groups excluding carboxylic acids is 1. The van der Waals surface area contributed by atoms with Gasteiger partial charge < -0.3 is 9.64 Å². The first kappa shape index (κ1) is 17.0. The first-order valence-corrected chi connectivity index (χ1v) is 8.49. The molecule has 22 heavy (non-hydrogen) atoms. The van der Waals surface area contributed by atoms with Crippen molar-refractivity contribution in [1.29, 1.82) is 0 Å². The number of benzene rings is 1. The summed E-state index contributed by atoms with van der Waals surface area (Å²) in [6, 6.07) is 8.51. The molecule has 1 aromatic rings. The third-order valence-corrected chi connectivity index (χ3v) is 4.40. The molecule has 2 rings (SSSR count). The highest BCUT2D eigenvalue weighted by Gasteiger charge is 2.25. The molecular formula is C19H29NO2. The second-order valence-electron chi connectivity index (χ2n) is 6.78. The molecule has 0 bridgehead atoms. The van der Waals surface area contributed by atoms with Crippen LogP contribution >= 0.6 is 0 Å². The molecule has 122 valence electrons. The molecule has 0 N–H and O–H groups in total. The summed E-state index contributed by atoms with van der Waals surface area (Å²) >= 11 is 0. The minimum Gasteiger partial charge on any atom is -0.469 e. The van der Waals surface area contributed by atoms with Gasteiger partial charge in [-0.05, 0) is 49.4 Å². The van der Waals surface area contributed by atoms with Gasteiger partial charge in [0, 0.05) is 6.54 Å². The fraction of sp³-hybridized carbons (Fsp3) is 0.632. The summed E-state index contributed by atoms with van der Waals surface area (Å²) in [5.74, 6) is 0.356. The minimum absolute atomic E-state index is 0.123. The summed E-state index contributed by atoms with van der Waals surface area (Å²) < 4.78 is 5.04. The number of methoxy groups -OCH3 is 1. The van der Waals surface area contributed by atoms with E-state index in [0.29, 0.717) is 5.92 Å². The van der Waals surface area contributed by atoms with E-state index in [9.17, 15) is 4.79 Å². The molecular weight excluding hydrogens is 274 g/mol. The van der Waals surface area contributed by atoms with Crippen LogP contribution in [0.15, 0.2) is 24.3 Å². The molecule has 0 amide bonds. The van der Waals surface area contributed by atoms with E-state index in [-0.39, 0.29) is 11.9 Å². The third-order valence-electron chi connectivity index (χ3n) is 4.40. The van der Waals surface area contributed by atoms with E-state index in [1.165, 1.54) is 31.9 Å². The van der Waals surface area contributed by atoms with Crippen molar-refractivity contribution >= 4 is 5.97 Å². The third kappa shape index (κ3) is 4.84. The highest BCUT2D eigenvalue weighted by Crippen LogP contribution is 2.22. The first-order valence-electron chi connectivity index (χ1n) is 8.49. The smallest absolute Gasteiger partial charge is 0.314 e. The van der Waals surface area contributed by atoms with Crippen LogP contribution in [0, 0.1) is 5.92 Å². The fourth-order valence-electron chi connectivity index (χ4n) is 3.22. The number of ether oxygens (including phenoxy) is 1. The molecule has 0 aromatic heterocycles. The van der Waals surface area contributed by atoms with Crippen molar-refractivity contribution in [3.8, 4) is 0 Å². The summed E-state index contributed by atoms with van der Waals surface area (Å²) in [6.45, 7) is 7.41. The molecule has 0 radical (unpaired) electrons. The lowest BCUT2D eigenvalue weighted by Gasteiger charge is -2.29. The van der Waals surface area contributed by atoms with Crippen LogP contribution in [0.1, 0.15) is 50.2 Å². The Morgan fingerprint density at radius 2 is 1.77 bits per heavy atom. The standard InChI is InChI=1S/C19H29NO2/c1-15(2)13-16-7-9-17(10-8-16)18(19(21)22-3)14-20-11-5-4-6-12-20/h7-10,15,18H,4-6,11-14H2,1-3H3. The number of rotatable bonds is 6. The van der Waals surface area contributed by atoms with Crippen LogP contribution in [0.5, 0.6) is 0 Å². The monoisotopic (exact) mass is 303 g/mol. The van der Waals surface area contributed by atoms with Crippen LogP contribution in [0.3, 0.4) is 0 Å². The molecule has 0 spiro atoms. The molecule has 0 saturated carbocycles. The summed E-state index contributed by atoms with van der Waals surface area (Å²) in [7, 11) is 1.48. The second-order valence-corrected chi connectivity index (χ2v) is 6.78. The van der Waals surface area contributed by atoms with Gasteiger partial charge in [-0.2, -0.15) is 0 Å². The maximum absolute atomic E-state index is 12.2. The highest BCUT2D eigenvalue weighted by atomic mass is 16.5. The average molecular weight is 303 g/mol. The van der Waals surface area contributed by atoms with Crippen LogP contribution in [-0.4, -0.2) is 37.6 Å². The van der Waals surface area contributed by atoms with Crippen molar-refractivity contribution in [1.82, 2.24) is 4.90 Å².